The van der Waals surface area contributed by atoms with E-state index in [1.165, 1.54) is 0 Å². The topological polar surface area (TPSA) is 45.8 Å². The summed E-state index contributed by atoms with van der Waals surface area (Å²) < 4.78 is 0. The van der Waals surface area contributed by atoms with E-state index in [0.29, 0.717) is 5.56 Å². The first-order valence-corrected chi connectivity index (χ1v) is 5.79. The van der Waals surface area contributed by atoms with Crippen molar-refractivity contribution in [2.45, 2.75) is 6.92 Å². The van der Waals surface area contributed by atoms with Crippen molar-refractivity contribution in [3.05, 3.63) is 54.4 Å². The normalized spacial score (nSPS) is 10.7. The molecule has 0 aliphatic rings. The van der Waals surface area contributed by atoms with Crippen molar-refractivity contribution in [2.24, 2.45) is 0 Å². The molecule has 0 aliphatic carbocycles. The molecule has 0 saturated carbocycles. The number of hydrogen-bond acceptors (Lipinski definition) is 2. The summed E-state index contributed by atoms with van der Waals surface area (Å²) in [6, 6.07) is 12.0. The summed E-state index contributed by atoms with van der Waals surface area (Å²) in [5, 5.41) is 0.879. The van der Waals surface area contributed by atoms with E-state index in [1.807, 2.05) is 42.6 Å². The Hall–Kier alpha value is -2.42. The molecule has 3 aromatic rings. The molecule has 0 radical (unpaired) electrons. The third-order valence-corrected chi connectivity index (χ3v) is 3.02. The zero-order valence-corrected chi connectivity index (χ0v) is 9.97. The van der Waals surface area contributed by atoms with Gasteiger partial charge in [-0.25, -0.2) is 4.98 Å². The van der Waals surface area contributed by atoms with Gasteiger partial charge in [-0.05, 0) is 18.6 Å². The molecule has 2 heterocycles. The number of pyridine rings is 1. The van der Waals surface area contributed by atoms with Crippen LogP contribution in [0.1, 0.15) is 17.3 Å². The van der Waals surface area contributed by atoms with E-state index in [4.69, 9.17) is 0 Å². The maximum Gasteiger partial charge on any atom is 0.162 e. The third kappa shape index (κ3) is 1.70. The standard InChI is InChI=1S/C15H12N2O/c1-10(18)14-9-17-15-13(14)7-12(8-16-15)11-5-3-2-4-6-11/h2-9H,1H3,(H,16,17). The van der Waals surface area contributed by atoms with Crippen LogP contribution >= 0.6 is 0 Å². The minimum atomic E-state index is 0.0493. The average Bonchev–Trinajstić information content (AvgIpc) is 2.82. The van der Waals surface area contributed by atoms with Gasteiger partial charge < -0.3 is 4.98 Å². The largest absolute Gasteiger partial charge is 0.345 e. The van der Waals surface area contributed by atoms with E-state index in [-0.39, 0.29) is 5.78 Å². The molecule has 0 spiro atoms. The van der Waals surface area contributed by atoms with Crippen LogP contribution in [-0.2, 0) is 0 Å². The second kappa shape index (κ2) is 4.11. The lowest BCUT2D eigenvalue weighted by Crippen LogP contribution is -1.89. The number of aromatic nitrogens is 2. The van der Waals surface area contributed by atoms with Crippen LogP contribution in [-0.4, -0.2) is 15.8 Å². The van der Waals surface area contributed by atoms with Gasteiger partial charge in [0, 0.05) is 28.9 Å². The first-order chi connectivity index (χ1) is 8.75. The molecule has 3 rings (SSSR count). The predicted octanol–water partition coefficient (Wildman–Crippen LogP) is 3.43. The number of ketones is 1. The van der Waals surface area contributed by atoms with Crippen LogP contribution in [0.4, 0.5) is 0 Å². The Morgan fingerprint density at radius 2 is 1.94 bits per heavy atom. The molecule has 0 atom stereocenters. The van der Waals surface area contributed by atoms with Crippen LogP contribution in [0.25, 0.3) is 22.2 Å². The van der Waals surface area contributed by atoms with Gasteiger partial charge in [-0.3, -0.25) is 4.79 Å². The fraction of sp³-hybridized carbons (Fsp3) is 0.0667. The lowest BCUT2D eigenvalue weighted by Gasteiger charge is -2.01. The molecule has 18 heavy (non-hydrogen) atoms. The molecule has 88 valence electrons. The fourth-order valence-corrected chi connectivity index (χ4v) is 2.08. The van der Waals surface area contributed by atoms with Gasteiger partial charge in [0.1, 0.15) is 5.65 Å². The molecule has 3 heteroatoms. The molecule has 0 saturated heterocycles. The number of carbonyl (C=O) groups excluding carboxylic acids is 1. The number of nitrogens with one attached hydrogen (secondary N) is 1. The highest BCUT2D eigenvalue weighted by molar-refractivity contribution is 6.06. The maximum atomic E-state index is 11.5. The van der Waals surface area contributed by atoms with Gasteiger partial charge in [0.05, 0.1) is 0 Å². The monoisotopic (exact) mass is 236 g/mol. The van der Waals surface area contributed by atoms with Crippen molar-refractivity contribution < 1.29 is 4.79 Å². The number of nitrogens with zero attached hydrogens (tertiary/aromatic N) is 1. The van der Waals surface area contributed by atoms with Gasteiger partial charge in [-0.1, -0.05) is 30.3 Å². The molecular formula is C15H12N2O. The summed E-state index contributed by atoms with van der Waals surface area (Å²) in [4.78, 5) is 18.9. The smallest absolute Gasteiger partial charge is 0.162 e. The molecule has 2 aromatic heterocycles. The number of hydrogen-bond donors (Lipinski definition) is 1. The molecule has 0 aliphatic heterocycles. The fourth-order valence-electron chi connectivity index (χ4n) is 2.08. The second-order valence-electron chi connectivity index (χ2n) is 4.24. The Labute approximate surface area is 104 Å². The Morgan fingerprint density at radius 1 is 1.17 bits per heavy atom. The molecular weight excluding hydrogens is 224 g/mol. The van der Waals surface area contributed by atoms with Crippen LogP contribution in [0.15, 0.2) is 48.8 Å². The molecule has 0 bridgehead atoms. The molecule has 0 amide bonds. The van der Waals surface area contributed by atoms with Crippen LogP contribution in [0.2, 0.25) is 0 Å². The lowest BCUT2D eigenvalue weighted by atomic mass is 10.1. The third-order valence-electron chi connectivity index (χ3n) is 3.02. The van der Waals surface area contributed by atoms with Crippen molar-refractivity contribution in [1.29, 1.82) is 0 Å². The number of fused-ring (bicyclic) bond motifs is 1. The number of benzene rings is 1. The van der Waals surface area contributed by atoms with Crippen LogP contribution < -0.4 is 0 Å². The number of aromatic amines is 1. The van der Waals surface area contributed by atoms with E-state index >= 15 is 0 Å². The van der Waals surface area contributed by atoms with E-state index in [2.05, 4.69) is 9.97 Å². The quantitative estimate of drug-likeness (QED) is 0.693. The van der Waals surface area contributed by atoms with E-state index in [0.717, 1.165) is 22.2 Å². The summed E-state index contributed by atoms with van der Waals surface area (Å²) in [6.07, 6.45) is 3.53. The van der Waals surface area contributed by atoms with Gasteiger partial charge in [0.15, 0.2) is 5.78 Å². The van der Waals surface area contributed by atoms with E-state index in [1.54, 1.807) is 13.1 Å². The first-order valence-electron chi connectivity index (χ1n) is 5.79. The SMILES string of the molecule is CC(=O)c1c[nH]c2ncc(-c3ccccc3)cc12. The highest BCUT2D eigenvalue weighted by Crippen LogP contribution is 2.24. The zero-order valence-electron chi connectivity index (χ0n) is 9.97. The molecule has 1 N–H and O–H groups in total. The van der Waals surface area contributed by atoms with Gasteiger partial charge >= 0.3 is 0 Å². The highest BCUT2D eigenvalue weighted by Gasteiger charge is 2.09. The van der Waals surface area contributed by atoms with Gasteiger partial charge in [-0.15, -0.1) is 0 Å². The lowest BCUT2D eigenvalue weighted by molar-refractivity contribution is 0.101. The molecule has 0 unspecified atom stereocenters. The van der Waals surface area contributed by atoms with Gasteiger partial charge in [-0.2, -0.15) is 0 Å². The number of rotatable bonds is 2. The van der Waals surface area contributed by atoms with Crippen molar-refractivity contribution in [3.8, 4) is 11.1 Å². The van der Waals surface area contributed by atoms with Crippen molar-refractivity contribution in [1.82, 2.24) is 9.97 Å². The Balaban J connectivity index is 2.21. The van der Waals surface area contributed by atoms with Crippen LogP contribution in [0.5, 0.6) is 0 Å². The van der Waals surface area contributed by atoms with Crippen LogP contribution in [0, 0.1) is 0 Å². The molecule has 0 fully saturated rings. The molecule has 3 nitrogen and oxygen atoms in total. The summed E-state index contributed by atoms with van der Waals surface area (Å²) >= 11 is 0. The summed E-state index contributed by atoms with van der Waals surface area (Å²) in [5.74, 6) is 0.0493. The van der Waals surface area contributed by atoms with E-state index in [9.17, 15) is 4.79 Å². The minimum Gasteiger partial charge on any atom is -0.345 e. The second-order valence-corrected chi connectivity index (χ2v) is 4.24. The first kappa shape index (κ1) is 10.7. The predicted molar refractivity (Wildman–Crippen MR) is 71.5 cm³/mol. The summed E-state index contributed by atoms with van der Waals surface area (Å²) in [6.45, 7) is 1.57. The number of carbonyl (C=O) groups is 1. The average molecular weight is 236 g/mol. The van der Waals surface area contributed by atoms with Gasteiger partial charge in [0.25, 0.3) is 0 Å². The Kier molecular flexibility index (Phi) is 2.45. The summed E-state index contributed by atoms with van der Waals surface area (Å²) in [7, 11) is 0. The van der Waals surface area contributed by atoms with Crippen molar-refractivity contribution in [2.75, 3.05) is 0 Å². The summed E-state index contributed by atoms with van der Waals surface area (Å²) in [5.41, 5.74) is 3.56. The highest BCUT2D eigenvalue weighted by atomic mass is 16.1. The Bertz CT molecular complexity index is 714. The Morgan fingerprint density at radius 3 is 2.67 bits per heavy atom. The number of H-pyrrole nitrogens is 1. The number of Topliss-reactive ketones (excluding diaryl/α,β-unsaturated/α-hetero) is 1. The van der Waals surface area contributed by atoms with Gasteiger partial charge in [0.2, 0.25) is 0 Å². The zero-order chi connectivity index (χ0) is 12.5. The molecule has 1 aromatic carbocycles. The van der Waals surface area contributed by atoms with Crippen molar-refractivity contribution >= 4 is 16.8 Å². The maximum absolute atomic E-state index is 11.5. The van der Waals surface area contributed by atoms with Crippen LogP contribution in [0.3, 0.4) is 0 Å². The van der Waals surface area contributed by atoms with Crippen molar-refractivity contribution in [3.63, 3.8) is 0 Å². The van der Waals surface area contributed by atoms with E-state index < -0.39 is 0 Å². The minimum absolute atomic E-state index is 0.0493.